The van der Waals surface area contributed by atoms with E-state index in [0.29, 0.717) is 11.4 Å². The number of para-hydroxylation sites is 1. The zero-order chi connectivity index (χ0) is 19.6. The van der Waals surface area contributed by atoms with Gasteiger partial charge in [-0.2, -0.15) is 0 Å². The van der Waals surface area contributed by atoms with E-state index in [1.54, 1.807) is 30.8 Å². The van der Waals surface area contributed by atoms with E-state index >= 15 is 0 Å². The molecule has 0 spiro atoms. The summed E-state index contributed by atoms with van der Waals surface area (Å²) in [6, 6.07) is 16.8. The van der Waals surface area contributed by atoms with Gasteiger partial charge in [-0.1, -0.05) is 37.3 Å². The Kier molecular flexibility index (Phi) is 5.29. The molecule has 1 atom stereocenters. The first-order chi connectivity index (χ1) is 12.8. The number of nitrogens with zero attached hydrogens (tertiary/aromatic N) is 2. The minimum absolute atomic E-state index is 0.270. The van der Waals surface area contributed by atoms with Crippen LogP contribution in [-0.4, -0.2) is 16.0 Å². The predicted molar refractivity (Wildman–Crippen MR) is 109 cm³/mol. The molecule has 142 valence electrons. The molecule has 2 aromatic carbocycles. The van der Waals surface area contributed by atoms with E-state index in [9.17, 15) is 9.36 Å². The van der Waals surface area contributed by atoms with Crippen molar-refractivity contribution in [2.45, 2.75) is 20.3 Å². The van der Waals surface area contributed by atoms with Gasteiger partial charge in [-0.25, -0.2) is 4.68 Å². The number of rotatable bonds is 6. The summed E-state index contributed by atoms with van der Waals surface area (Å²) in [6.07, 6.45) is 0.921. The molecule has 1 unspecified atom stereocenters. The Morgan fingerprint density at radius 3 is 2.30 bits per heavy atom. The number of nitrogens with one attached hydrogen (secondary N) is 1. The lowest BCUT2D eigenvalue weighted by Crippen LogP contribution is -2.20. The van der Waals surface area contributed by atoms with Crippen LogP contribution >= 0.6 is 7.52 Å². The molecule has 6 nitrogen and oxygen atoms in total. The van der Waals surface area contributed by atoms with Gasteiger partial charge in [0.15, 0.2) is 0 Å². The fourth-order valence-corrected chi connectivity index (χ4v) is 4.14. The standard InChI is InChI=1S/C20H24N3O3P/c1-5-16-11-13-18(14-12-16)26-27(4,25)21-19-15(2)22(3)23(20(19)24)17-9-7-6-8-10-17/h6-14H,5H2,1-4H3,(H,21,25). The van der Waals surface area contributed by atoms with Crippen LogP contribution in [0.25, 0.3) is 5.69 Å². The molecule has 0 radical (unpaired) electrons. The van der Waals surface area contributed by atoms with Crippen molar-refractivity contribution in [3.05, 3.63) is 76.2 Å². The first-order valence-electron chi connectivity index (χ1n) is 8.80. The predicted octanol–water partition coefficient (Wildman–Crippen LogP) is 4.36. The Balaban J connectivity index is 1.90. The van der Waals surface area contributed by atoms with Crippen LogP contribution in [0.1, 0.15) is 18.2 Å². The number of hydrogen-bond acceptors (Lipinski definition) is 3. The minimum Gasteiger partial charge on any atom is -0.429 e. The molecule has 0 amide bonds. The van der Waals surface area contributed by atoms with Crippen molar-refractivity contribution in [2.24, 2.45) is 7.05 Å². The van der Waals surface area contributed by atoms with E-state index in [1.807, 2.05) is 42.5 Å². The third kappa shape index (κ3) is 4.01. The summed E-state index contributed by atoms with van der Waals surface area (Å²) in [5, 5.41) is 2.84. The van der Waals surface area contributed by atoms with Gasteiger partial charge in [-0.15, -0.1) is 0 Å². The number of aromatic nitrogens is 2. The van der Waals surface area contributed by atoms with Crippen LogP contribution in [0.15, 0.2) is 59.4 Å². The van der Waals surface area contributed by atoms with Gasteiger partial charge in [-0.05, 0) is 43.2 Å². The Bertz CT molecular complexity index is 1040. The van der Waals surface area contributed by atoms with Crippen molar-refractivity contribution in [3.8, 4) is 11.4 Å². The molecule has 7 heteroatoms. The van der Waals surface area contributed by atoms with Crippen LogP contribution in [-0.2, 0) is 18.0 Å². The largest absolute Gasteiger partial charge is 0.429 e. The summed E-state index contributed by atoms with van der Waals surface area (Å²) < 4.78 is 21.9. The van der Waals surface area contributed by atoms with Gasteiger partial charge < -0.3 is 4.52 Å². The van der Waals surface area contributed by atoms with Gasteiger partial charge >= 0.3 is 7.52 Å². The molecule has 3 rings (SSSR count). The maximum absolute atomic E-state index is 13.0. The van der Waals surface area contributed by atoms with Crippen LogP contribution in [0.4, 0.5) is 5.69 Å². The normalized spacial score (nSPS) is 13.2. The summed E-state index contributed by atoms with van der Waals surface area (Å²) in [5.41, 5.74) is 2.59. The van der Waals surface area contributed by atoms with Gasteiger partial charge in [0.25, 0.3) is 5.56 Å². The van der Waals surface area contributed by atoms with Crippen molar-refractivity contribution in [2.75, 3.05) is 11.8 Å². The van der Waals surface area contributed by atoms with Gasteiger partial charge in [0.1, 0.15) is 11.4 Å². The van der Waals surface area contributed by atoms with E-state index in [0.717, 1.165) is 12.1 Å². The Labute approximate surface area is 158 Å². The summed E-state index contributed by atoms with van der Waals surface area (Å²) in [6.45, 7) is 5.34. The van der Waals surface area contributed by atoms with Crippen LogP contribution < -0.4 is 15.2 Å². The molecule has 1 heterocycles. The molecule has 0 fully saturated rings. The molecular formula is C20H24N3O3P. The minimum atomic E-state index is -3.29. The number of aryl methyl sites for hydroxylation is 1. The lowest BCUT2D eigenvalue weighted by molar-refractivity contribution is 0.493. The fraction of sp³-hybridized carbons (Fsp3) is 0.250. The van der Waals surface area contributed by atoms with Crippen molar-refractivity contribution >= 4 is 13.2 Å². The summed E-state index contributed by atoms with van der Waals surface area (Å²) in [4.78, 5) is 12.9. The van der Waals surface area contributed by atoms with E-state index in [2.05, 4.69) is 12.0 Å². The van der Waals surface area contributed by atoms with Gasteiger partial charge in [0.05, 0.1) is 11.4 Å². The zero-order valence-electron chi connectivity index (χ0n) is 16.0. The molecule has 0 aliphatic rings. The van der Waals surface area contributed by atoms with Crippen molar-refractivity contribution in [3.63, 3.8) is 0 Å². The number of anilines is 1. The van der Waals surface area contributed by atoms with Crippen molar-refractivity contribution < 1.29 is 9.09 Å². The quantitative estimate of drug-likeness (QED) is 0.641. The lowest BCUT2D eigenvalue weighted by atomic mass is 10.2. The van der Waals surface area contributed by atoms with E-state index in [-0.39, 0.29) is 11.2 Å². The molecule has 1 aromatic heterocycles. The second-order valence-corrected chi connectivity index (χ2v) is 8.58. The Morgan fingerprint density at radius 2 is 1.70 bits per heavy atom. The average Bonchev–Trinajstić information content (AvgIpc) is 2.86. The highest BCUT2D eigenvalue weighted by Crippen LogP contribution is 2.43. The van der Waals surface area contributed by atoms with Gasteiger partial charge in [0, 0.05) is 13.7 Å². The topological polar surface area (TPSA) is 65.3 Å². The number of hydrogen-bond donors (Lipinski definition) is 1. The van der Waals surface area contributed by atoms with Crippen LogP contribution in [0.3, 0.4) is 0 Å². The van der Waals surface area contributed by atoms with E-state index in [4.69, 9.17) is 4.52 Å². The fourth-order valence-electron chi connectivity index (χ4n) is 2.91. The van der Waals surface area contributed by atoms with E-state index in [1.165, 1.54) is 16.9 Å². The second-order valence-electron chi connectivity index (χ2n) is 6.48. The second kappa shape index (κ2) is 7.49. The summed E-state index contributed by atoms with van der Waals surface area (Å²) in [5.74, 6) is 0.502. The smallest absolute Gasteiger partial charge is 0.338 e. The molecule has 0 aliphatic carbocycles. The highest BCUT2D eigenvalue weighted by Gasteiger charge is 2.24. The molecule has 0 saturated carbocycles. The zero-order valence-corrected chi connectivity index (χ0v) is 16.9. The van der Waals surface area contributed by atoms with Crippen molar-refractivity contribution in [1.82, 2.24) is 9.36 Å². The molecule has 0 saturated heterocycles. The lowest BCUT2D eigenvalue weighted by Gasteiger charge is -2.16. The van der Waals surface area contributed by atoms with Crippen LogP contribution in [0, 0.1) is 6.92 Å². The van der Waals surface area contributed by atoms with Crippen molar-refractivity contribution in [1.29, 1.82) is 0 Å². The average molecular weight is 385 g/mol. The molecule has 1 N–H and O–H groups in total. The maximum atomic E-state index is 13.0. The summed E-state index contributed by atoms with van der Waals surface area (Å²) in [7, 11) is -1.50. The Hall–Kier alpha value is -2.72. The third-order valence-electron chi connectivity index (χ3n) is 4.48. The third-order valence-corrected chi connectivity index (χ3v) is 5.67. The number of benzene rings is 2. The first-order valence-corrected chi connectivity index (χ1v) is 10.9. The SMILES string of the molecule is CCc1ccc(OP(C)(=O)Nc2c(C)n(C)n(-c3ccccc3)c2=O)cc1. The maximum Gasteiger partial charge on any atom is 0.338 e. The Morgan fingerprint density at radius 1 is 1.07 bits per heavy atom. The summed E-state index contributed by atoms with van der Waals surface area (Å²) >= 11 is 0. The van der Waals surface area contributed by atoms with Gasteiger partial charge in [-0.3, -0.25) is 19.1 Å². The monoisotopic (exact) mass is 385 g/mol. The highest BCUT2D eigenvalue weighted by atomic mass is 31.2. The molecular weight excluding hydrogens is 361 g/mol. The highest BCUT2D eigenvalue weighted by molar-refractivity contribution is 7.60. The first kappa shape index (κ1) is 19.1. The molecule has 27 heavy (non-hydrogen) atoms. The molecule has 0 bridgehead atoms. The molecule has 3 aromatic rings. The van der Waals surface area contributed by atoms with E-state index < -0.39 is 7.52 Å². The van der Waals surface area contributed by atoms with Crippen LogP contribution in [0.5, 0.6) is 5.75 Å². The van der Waals surface area contributed by atoms with Crippen LogP contribution in [0.2, 0.25) is 0 Å². The van der Waals surface area contributed by atoms with Gasteiger partial charge in [0.2, 0.25) is 0 Å². The molecule has 0 aliphatic heterocycles.